The third-order valence-corrected chi connectivity index (χ3v) is 4.68. The topological polar surface area (TPSA) is 47.9 Å². The van der Waals surface area contributed by atoms with E-state index in [1.807, 2.05) is 11.4 Å². The molecule has 3 rings (SSSR count). The summed E-state index contributed by atoms with van der Waals surface area (Å²) in [7, 11) is 0. The van der Waals surface area contributed by atoms with Crippen LogP contribution in [-0.2, 0) is 13.2 Å². The van der Waals surface area contributed by atoms with Gasteiger partial charge in [0.15, 0.2) is 11.5 Å². The summed E-state index contributed by atoms with van der Waals surface area (Å²) in [5, 5.41) is 11.4. The maximum atomic E-state index is 9.38. The largest absolute Gasteiger partial charge is 0.488 e. The van der Waals surface area contributed by atoms with E-state index in [1.54, 1.807) is 23.5 Å². The van der Waals surface area contributed by atoms with Gasteiger partial charge in [-0.25, -0.2) is 0 Å². The van der Waals surface area contributed by atoms with Crippen LogP contribution in [0.2, 0.25) is 0 Å². The molecule has 0 atom stereocenters. The minimum absolute atomic E-state index is 0.0996. The van der Waals surface area contributed by atoms with Gasteiger partial charge in [0.2, 0.25) is 6.79 Å². The number of thiophene rings is 1. The van der Waals surface area contributed by atoms with Crippen LogP contribution < -0.4 is 14.2 Å². The van der Waals surface area contributed by atoms with Crippen molar-refractivity contribution in [2.75, 3.05) is 6.79 Å². The van der Waals surface area contributed by atoms with E-state index in [0.29, 0.717) is 29.4 Å². The van der Waals surface area contributed by atoms with Crippen molar-refractivity contribution >= 4 is 27.3 Å². The van der Waals surface area contributed by atoms with Crippen molar-refractivity contribution in [1.82, 2.24) is 0 Å². The summed E-state index contributed by atoms with van der Waals surface area (Å²) in [4.78, 5) is 1.10. The first-order valence-corrected chi connectivity index (χ1v) is 7.33. The summed E-state index contributed by atoms with van der Waals surface area (Å²) in [6.45, 7) is 0.558. The predicted molar refractivity (Wildman–Crippen MR) is 74.8 cm³/mol. The van der Waals surface area contributed by atoms with Crippen molar-refractivity contribution in [3.05, 3.63) is 38.5 Å². The highest BCUT2D eigenvalue weighted by molar-refractivity contribution is 9.10. The number of halogens is 1. The minimum atomic E-state index is -0.0996. The molecule has 2 heterocycles. The molecule has 0 fully saturated rings. The van der Waals surface area contributed by atoms with Crippen LogP contribution in [0, 0.1) is 0 Å². The highest BCUT2D eigenvalue weighted by Gasteiger charge is 2.18. The van der Waals surface area contributed by atoms with Gasteiger partial charge in [0.05, 0.1) is 11.5 Å². The number of fused-ring (bicyclic) bond motifs is 1. The van der Waals surface area contributed by atoms with E-state index in [-0.39, 0.29) is 13.4 Å². The van der Waals surface area contributed by atoms with E-state index in [2.05, 4.69) is 15.9 Å². The molecule has 1 aromatic heterocycles. The Bertz CT molecular complexity index is 596. The zero-order valence-electron chi connectivity index (χ0n) is 9.89. The molecule has 4 nitrogen and oxygen atoms in total. The fourth-order valence-corrected chi connectivity index (χ4v) is 3.17. The number of ether oxygens (including phenoxy) is 3. The smallest absolute Gasteiger partial charge is 0.231 e. The molecular weight excluding hydrogens is 332 g/mol. The lowest BCUT2D eigenvalue weighted by Gasteiger charge is -2.10. The molecule has 0 bridgehead atoms. The Hall–Kier alpha value is -1.24. The molecule has 0 unspecified atom stereocenters. The second-order valence-electron chi connectivity index (χ2n) is 3.95. The predicted octanol–water partition coefficient (Wildman–Crippen LogP) is 3.31. The van der Waals surface area contributed by atoms with Gasteiger partial charge < -0.3 is 19.3 Å². The molecule has 1 N–H and O–H groups in total. The van der Waals surface area contributed by atoms with Gasteiger partial charge in [-0.15, -0.1) is 11.3 Å². The van der Waals surface area contributed by atoms with Crippen molar-refractivity contribution < 1.29 is 19.3 Å². The van der Waals surface area contributed by atoms with Crippen LogP contribution >= 0.6 is 27.3 Å². The molecule has 0 aliphatic carbocycles. The minimum Gasteiger partial charge on any atom is -0.488 e. The van der Waals surface area contributed by atoms with Crippen LogP contribution in [0.25, 0.3) is 0 Å². The Morgan fingerprint density at radius 1 is 1.32 bits per heavy atom. The summed E-state index contributed by atoms with van der Waals surface area (Å²) < 4.78 is 17.4. The number of rotatable bonds is 4. The molecule has 0 radical (unpaired) electrons. The first-order chi connectivity index (χ1) is 9.28. The molecule has 6 heteroatoms. The van der Waals surface area contributed by atoms with E-state index >= 15 is 0 Å². The molecule has 1 aromatic carbocycles. The summed E-state index contributed by atoms with van der Waals surface area (Å²) in [6.07, 6.45) is 0. The maximum Gasteiger partial charge on any atom is 0.231 e. The lowest BCUT2D eigenvalue weighted by molar-refractivity contribution is 0.173. The maximum absolute atomic E-state index is 9.38. The Morgan fingerprint density at radius 2 is 2.11 bits per heavy atom. The fraction of sp³-hybridized carbons (Fsp3) is 0.231. The summed E-state index contributed by atoms with van der Waals surface area (Å²) in [5.41, 5.74) is 0.692. The van der Waals surface area contributed by atoms with Gasteiger partial charge in [0, 0.05) is 16.1 Å². The fourth-order valence-electron chi connectivity index (χ4n) is 1.79. The van der Waals surface area contributed by atoms with Crippen molar-refractivity contribution in [2.45, 2.75) is 13.2 Å². The van der Waals surface area contributed by atoms with Crippen LogP contribution in [0.5, 0.6) is 17.2 Å². The molecule has 0 saturated heterocycles. The lowest BCUT2D eigenvalue weighted by Crippen LogP contribution is -1.98. The van der Waals surface area contributed by atoms with Crippen molar-refractivity contribution in [3.63, 3.8) is 0 Å². The number of aliphatic hydroxyl groups is 1. The molecule has 1 aliphatic heterocycles. The quantitative estimate of drug-likeness (QED) is 0.925. The highest BCUT2D eigenvalue weighted by Crippen LogP contribution is 2.38. The van der Waals surface area contributed by atoms with E-state index in [4.69, 9.17) is 14.2 Å². The second kappa shape index (κ2) is 5.40. The monoisotopic (exact) mass is 342 g/mol. The van der Waals surface area contributed by atoms with Crippen molar-refractivity contribution in [2.24, 2.45) is 0 Å². The standard InChI is InChI=1S/C13H11BrO4S/c14-9-1-2-19-13(9)6-16-10-4-12-11(17-7-18-12)3-8(10)5-15/h1-4,15H,5-7H2. The molecule has 0 saturated carbocycles. The first kappa shape index (κ1) is 12.8. The van der Waals surface area contributed by atoms with Crippen LogP contribution in [0.1, 0.15) is 10.4 Å². The van der Waals surface area contributed by atoms with Gasteiger partial charge >= 0.3 is 0 Å². The van der Waals surface area contributed by atoms with Crippen LogP contribution in [0.4, 0.5) is 0 Å². The second-order valence-corrected chi connectivity index (χ2v) is 5.81. The first-order valence-electron chi connectivity index (χ1n) is 5.66. The van der Waals surface area contributed by atoms with E-state index in [0.717, 1.165) is 9.35 Å². The lowest BCUT2D eigenvalue weighted by atomic mass is 10.2. The van der Waals surface area contributed by atoms with E-state index < -0.39 is 0 Å². The number of hydrogen-bond donors (Lipinski definition) is 1. The average Bonchev–Trinajstić information content (AvgIpc) is 3.03. The summed E-state index contributed by atoms with van der Waals surface area (Å²) in [5.74, 6) is 1.91. The van der Waals surface area contributed by atoms with Gasteiger partial charge in [-0.05, 0) is 33.4 Å². The number of benzene rings is 1. The normalized spacial score (nSPS) is 12.7. The molecule has 1 aliphatic rings. The zero-order chi connectivity index (χ0) is 13.2. The van der Waals surface area contributed by atoms with Crippen molar-refractivity contribution in [3.8, 4) is 17.2 Å². The Labute approximate surface area is 122 Å². The third-order valence-electron chi connectivity index (χ3n) is 2.78. The Kier molecular flexibility index (Phi) is 3.63. The van der Waals surface area contributed by atoms with Gasteiger partial charge in [-0.1, -0.05) is 0 Å². The third kappa shape index (κ3) is 2.56. The summed E-state index contributed by atoms with van der Waals surface area (Å²) in [6, 6.07) is 5.49. The molecular formula is C13H11BrO4S. The number of aliphatic hydroxyl groups excluding tert-OH is 1. The molecule has 100 valence electrons. The zero-order valence-corrected chi connectivity index (χ0v) is 12.3. The molecule has 19 heavy (non-hydrogen) atoms. The molecule has 0 spiro atoms. The average molecular weight is 343 g/mol. The van der Waals surface area contributed by atoms with Gasteiger partial charge in [-0.3, -0.25) is 0 Å². The van der Waals surface area contributed by atoms with Crippen LogP contribution in [0.3, 0.4) is 0 Å². The molecule has 0 amide bonds. The molecule has 2 aromatic rings. The highest BCUT2D eigenvalue weighted by atomic mass is 79.9. The van der Waals surface area contributed by atoms with Crippen molar-refractivity contribution in [1.29, 1.82) is 0 Å². The van der Waals surface area contributed by atoms with Gasteiger partial charge in [0.25, 0.3) is 0 Å². The van der Waals surface area contributed by atoms with Crippen LogP contribution in [0.15, 0.2) is 28.1 Å². The van der Waals surface area contributed by atoms with E-state index in [1.165, 1.54) is 0 Å². The SMILES string of the molecule is OCc1cc2c(cc1OCc1sccc1Br)OCO2. The van der Waals surface area contributed by atoms with Gasteiger partial charge in [-0.2, -0.15) is 0 Å². The van der Waals surface area contributed by atoms with Gasteiger partial charge in [0.1, 0.15) is 12.4 Å². The van der Waals surface area contributed by atoms with Crippen LogP contribution in [-0.4, -0.2) is 11.9 Å². The Balaban J connectivity index is 1.82. The Morgan fingerprint density at radius 3 is 2.79 bits per heavy atom. The summed E-state index contributed by atoms with van der Waals surface area (Å²) >= 11 is 5.08. The van der Waals surface area contributed by atoms with E-state index in [9.17, 15) is 5.11 Å². The number of hydrogen-bond acceptors (Lipinski definition) is 5.